The number of ether oxygens (including phenoxy) is 1. The summed E-state index contributed by atoms with van der Waals surface area (Å²) in [6.07, 6.45) is -0.794. The van der Waals surface area contributed by atoms with Crippen molar-refractivity contribution in [3.63, 3.8) is 0 Å². The van der Waals surface area contributed by atoms with E-state index < -0.39 is 21.7 Å². The predicted molar refractivity (Wildman–Crippen MR) is 99.9 cm³/mol. The third-order valence-electron chi connectivity index (χ3n) is 2.99. The van der Waals surface area contributed by atoms with Crippen LogP contribution in [0.25, 0.3) is 0 Å². The molecular weight excluding hydrogens is 432 g/mol. The molecule has 0 aromatic heterocycles. The molecule has 2 rings (SSSR count). The molecule has 0 saturated heterocycles. The Balaban J connectivity index is 1.95. The van der Waals surface area contributed by atoms with Gasteiger partial charge in [0.15, 0.2) is 9.84 Å². The van der Waals surface area contributed by atoms with Crippen LogP contribution in [0.15, 0.2) is 41.3 Å². The van der Waals surface area contributed by atoms with Crippen LogP contribution in [0.1, 0.15) is 0 Å². The van der Waals surface area contributed by atoms with E-state index in [2.05, 4.69) is 5.32 Å². The summed E-state index contributed by atoms with van der Waals surface area (Å²) in [4.78, 5) is 11.5. The van der Waals surface area contributed by atoms with E-state index in [0.717, 1.165) is 6.07 Å². The molecule has 0 heterocycles. The Hall–Kier alpha value is -1.18. The zero-order valence-electron chi connectivity index (χ0n) is 12.4. The summed E-state index contributed by atoms with van der Waals surface area (Å²) in [5.74, 6) is -0.460. The standard InChI is InChI=1S/C15H11Cl4NO4S/c16-9-1-3-10(4-2-9)20-15(21)24-5-6-25(22,23)14-8-12(18)11(17)7-13(14)19/h1-4,7-8H,5-6H2,(H,20,21). The Bertz CT molecular complexity index is 885. The van der Waals surface area contributed by atoms with Crippen molar-refractivity contribution in [3.05, 3.63) is 56.5 Å². The molecule has 0 spiro atoms. The van der Waals surface area contributed by atoms with Crippen LogP contribution in [0, 0.1) is 0 Å². The minimum atomic E-state index is -3.80. The highest BCUT2D eigenvalue weighted by Crippen LogP contribution is 2.32. The van der Waals surface area contributed by atoms with Crippen LogP contribution in [-0.2, 0) is 14.6 Å². The molecule has 25 heavy (non-hydrogen) atoms. The maximum absolute atomic E-state index is 12.3. The fourth-order valence-electron chi connectivity index (χ4n) is 1.78. The van der Waals surface area contributed by atoms with Crippen molar-refractivity contribution >= 4 is 68.0 Å². The Morgan fingerprint density at radius 1 is 0.960 bits per heavy atom. The first-order valence-corrected chi connectivity index (χ1v) is 9.92. The van der Waals surface area contributed by atoms with Crippen LogP contribution in [-0.4, -0.2) is 26.9 Å². The summed E-state index contributed by atoms with van der Waals surface area (Å²) in [5.41, 5.74) is 0.463. The normalized spacial score (nSPS) is 11.2. The molecule has 0 bridgehead atoms. The van der Waals surface area contributed by atoms with Crippen molar-refractivity contribution < 1.29 is 17.9 Å². The molecule has 10 heteroatoms. The van der Waals surface area contributed by atoms with Crippen LogP contribution in [0.3, 0.4) is 0 Å². The molecule has 0 aliphatic rings. The summed E-state index contributed by atoms with van der Waals surface area (Å²) >= 11 is 23.2. The van der Waals surface area contributed by atoms with E-state index in [1.54, 1.807) is 24.3 Å². The van der Waals surface area contributed by atoms with Crippen LogP contribution >= 0.6 is 46.4 Å². The minimum absolute atomic E-state index is 0.0555. The second kappa shape index (κ2) is 8.47. The van der Waals surface area contributed by atoms with Crippen molar-refractivity contribution in [1.29, 1.82) is 0 Å². The summed E-state index contributed by atoms with van der Waals surface area (Å²) < 4.78 is 29.4. The Kier molecular flexibility index (Phi) is 6.82. The van der Waals surface area contributed by atoms with Gasteiger partial charge in [0.2, 0.25) is 0 Å². The molecular formula is C15H11Cl4NO4S. The molecule has 134 valence electrons. The van der Waals surface area contributed by atoms with Crippen molar-refractivity contribution in [2.24, 2.45) is 0 Å². The highest BCUT2D eigenvalue weighted by Gasteiger charge is 2.20. The zero-order valence-corrected chi connectivity index (χ0v) is 16.3. The predicted octanol–water partition coefficient (Wildman–Crippen LogP) is 5.32. The molecule has 0 aliphatic heterocycles. The summed E-state index contributed by atoms with van der Waals surface area (Å²) in [6.45, 7) is -0.363. The number of amides is 1. The Morgan fingerprint density at radius 3 is 2.20 bits per heavy atom. The average molecular weight is 443 g/mol. The van der Waals surface area contributed by atoms with Gasteiger partial charge in [0.1, 0.15) is 6.61 Å². The number of halogens is 4. The van der Waals surface area contributed by atoms with E-state index in [4.69, 9.17) is 51.1 Å². The van der Waals surface area contributed by atoms with Crippen molar-refractivity contribution in [1.82, 2.24) is 0 Å². The van der Waals surface area contributed by atoms with Gasteiger partial charge in [-0.2, -0.15) is 0 Å². The Morgan fingerprint density at radius 2 is 1.56 bits per heavy atom. The van der Waals surface area contributed by atoms with Gasteiger partial charge >= 0.3 is 6.09 Å². The number of anilines is 1. The fraction of sp³-hybridized carbons (Fsp3) is 0.133. The van der Waals surface area contributed by atoms with Gasteiger partial charge in [0.05, 0.1) is 25.7 Å². The number of hydrogen-bond acceptors (Lipinski definition) is 4. The van der Waals surface area contributed by atoms with E-state index in [-0.39, 0.29) is 26.6 Å². The maximum Gasteiger partial charge on any atom is 0.411 e. The van der Waals surface area contributed by atoms with Gasteiger partial charge in [-0.3, -0.25) is 5.32 Å². The summed E-state index contributed by atoms with van der Waals surface area (Å²) in [5, 5.41) is 3.11. The van der Waals surface area contributed by atoms with Crippen LogP contribution in [0.5, 0.6) is 0 Å². The molecule has 0 aliphatic carbocycles. The van der Waals surface area contributed by atoms with Crippen LogP contribution in [0.2, 0.25) is 20.1 Å². The molecule has 1 amide bonds. The number of nitrogens with one attached hydrogen (secondary N) is 1. The molecule has 1 N–H and O–H groups in total. The molecule has 5 nitrogen and oxygen atoms in total. The van der Waals surface area contributed by atoms with Crippen LogP contribution < -0.4 is 5.32 Å². The van der Waals surface area contributed by atoms with Gasteiger partial charge in [-0.1, -0.05) is 46.4 Å². The second-order valence-electron chi connectivity index (χ2n) is 4.78. The summed E-state index contributed by atoms with van der Waals surface area (Å²) in [7, 11) is -3.80. The molecule has 0 radical (unpaired) electrons. The molecule has 0 atom stereocenters. The van der Waals surface area contributed by atoms with Gasteiger partial charge in [0, 0.05) is 10.7 Å². The van der Waals surface area contributed by atoms with E-state index in [0.29, 0.717) is 10.7 Å². The molecule has 0 unspecified atom stereocenters. The number of hydrogen-bond donors (Lipinski definition) is 1. The number of rotatable bonds is 5. The van der Waals surface area contributed by atoms with Gasteiger partial charge in [0.25, 0.3) is 0 Å². The monoisotopic (exact) mass is 441 g/mol. The topological polar surface area (TPSA) is 72.5 Å². The van der Waals surface area contributed by atoms with Gasteiger partial charge in [-0.25, -0.2) is 13.2 Å². The van der Waals surface area contributed by atoms with Crippen molar-refractivity contribution in [2.75, 3.05) is 17.7 Å². The molecule has 2 aromatic carbocycles. The lowest BCUT2D eigenvalue weighted by molar-refractivity contribution is 0.168. The van der Waals surface area contributed by atoms with E-state index >= 15 is 0 Å². The first-order chi connectivity index (χ1) is 11.7. The quantitative estimate of drug-likeness (QED) is 0.635. The van der Waals surface area contributed by atoms with Gasteiger partial charge in [-0.15, -0.1) is 0 Å². The lowest BCUT2D eigenvalue weighted by Crippen LogP contribution is -2.19. The third kappa shape index (κ3) is 5.66. The number of benzene rings is 2. The lowest BCUT2D eigenvalue weighted by atomic mass is 10.3. The van der Waals surface area contributed by atoms with E-state index in [1.165, 1.54) is 6.07 Å². The average Bonchev–Trinajstić information content (AvgIpc) is 2.52. The molecule has 2 aromatic rings. The van der Waals surface area contributed by atoms with Gasteiger partial charge < -0.3 is 4.74 Å². The molecule has 0 fully saturated rings. The summed E-state index contributed by atoms with van der Waals surface area (Å²) in [6, 6.07) is 8.75. The largest absolute Gasteiger partial charge is 0.448 e. The minimum Gasteiger partial charge on any atom is -0.448 e. The highest BCUT2D eigenvalue weighted by molar-refractivity contribution is 7.91. The van der Waals surface area contributed by atoms with Crippen molar-refractivity contribution in [2.45, 2.75) is 4.90 Å². The molecule has 0 saturated carbocycles. The first kappa shape index (κ1) is 20.1. The number of sulfone groups is 1. The van der Waals surface area contributed by atoms with E-state index in [1.807, 2.05) is 0 Å². The maximum atomic E-state index is 12.3. The lowest BCUT2D eigenvalue weighted by Gasteiger charge is -2.09. The third-order valence-corrected chi connectivity index (χ3v) is 6.10. The number of carbonyl (C=O) groups excluding carboxylic acids is 1. The highest BCUT2D eigenvalue weighted by atomic mass is 35.5. The van der Waals surface area contributed by atoms with Crippen LogP contribution in [0.4, 0.5) is 10.5 Å². The first-order valence-electron chi connectivity index (χ1n) is 6.76. The number of carbonyl (C=O) groups is 1. The Labute approximate surface area is 164 Å². The zero-order chi connectivity index (χ0) is 18.6. The fourth-order valence-corrected chi connectivity index (χ4v) is 4.05. The van der Waals surface area contributed by atoms with E-state index in [9.17, 15) is 13.2 Å². The van der Waals surface area contributed by atoms with Crippen molar-refractivity contribution in [3.8, 4) is 0 Å². The van der Waals surface area contributed by atoms with Gasteiger partial charge in [-0.05, 0) is 36.4 Å². The second-order valence-corrected chi connectivity index (χ2v) is 8.52. The SMILES string of the molecule is O=C(Nc1ccc(Cl)cc1)OCCS(=O)(=O)c1cc(Cl)c(Cl)cc1Cl. The smallest absolute Gasteiger partial charge is 0.411 e.